The zero-order chi connectivity index (χ0) is 25.1. The van der Waals surface area contributed by atoms with Crippen molar-refractivity contribution in [2.24, 2.45) is 0 Å². The molecule has 7 nitrogen and oxygen atoms in total. The fourth-order valence-electron chi connectivity index (χ4n) is 4.07. The van der Waals surface area contributed by atoms with Crippen LogP contribution in [0.1, 0.15) is 15.9 Å². The topological polar surface area (TPSA) is 83.6 Å². The zero-order valence-electron chi connectivity index (χ0n) is 19.1. The van der Waals surface area contributed by atoms with Gasteiger partial charge in [0.05, 0.1) is 30.6 Å². The standard InChI is InChI=1S/C27H22ClFN4O3/c28-20-2-1-3-22(14-20)31-27(35)32-23-12-19(11-21(29)15-23)26(34)17-4-5-25-18(10-17)13-24(16-30-25)33-6-8-36-9-7-33/h1-5,10-16H,6-9H2,(H2,31,32,35). The Morgan fingerprint density at radius 1 is 0.917 bits per heavy atom. The second-order valence-corrected chi connectivity index (χ2v) is 8.78. The van der Waals surface area contributed by atoms with Crippen LogP contribution >= 0.6 is 11.6 Å². The Morgan fingerprint density at radius 3 is 2.53 bits per heavy atom. The van der Waals surface area contributed by atoms with Crippen molar-refractivity contribution < 1.29 is 18.7 Å². The quantitative estimate of drug-likeness (QED) is 0.339. The van der Waals surface area contributed by atoms with E-state index in [0.717, 1.165) is 41.8 Å². The summed E-state index contributed by atoms with van der Waals surface area (Å²) in [6.07, 6.45) is 1.81. The Kier molecular flexibility index (Phi) is 6.79. The molecule has 1 aliphatic heterocycles. The maximum absolute atomic E-state index is 14.4. The van der Waals surface area contributed by atoms with Crippen LogP contribution in [-0.2, 0) is 4.74 Å². The molecule has 0 saturated carbocycles. The van der Waals surface area contributed by atoms with Crippen LogP contribution in [0.4, 0.5) is 26.2 Å². The third-order valence-corrected chi connectivity index (χ3v) is 6.04. The van der Waals surface area contributed by atoms with E-state index in [2.05, 4.69) is 20.5 Å². The van der Waals surface area contributed by atoms with Crippen LogP contribution in [-0.4, -0.2) is 43.1 Å². The van der Waals surface area contributed by atoms with Gasteiger partial charge in [-0.15, -0.1) is 0 Å². The molecule has 182 valence electrons. The first-order chi connectivity index (χ1) is 17.4. The van der Waals surface area contributed by atoms with Crippen molar-refractivity contribution >= 4 is 51.4 Å². The molecule has 0 spiro atoms. The normalized spacial score (nSPS) is 13.4. The highest BCUT2D eigenvalue weighted by molar-refractivity contribution is 6.30. The summed E-state index contributed by atoms with van der Waals surface area (Å²) in [5.41, 5.74) is 2.85. The van der Waals surface area contributed by atoms with Gasteiger partial charge < -0.3 is 20.3 Å². The van der Waals surface area contributed by atoms with E-state index in [9.17, 15) is 14.0 Å². The van der Waals surface area contributed by atoms with Crippen LogP contribution in [0.3, 0.4) is 0 Å². The van der Waals surface area contributed by atoms with Crippen molar-refractivity contribution in [3.8, 4) is 0 Å². The highest BCUT2D eigenvalue weighted by atomic mass is 35.5. The van der Waals surface area contributed by atoms with E-state index >= 15 is 0 Å². The van der Waals surface area contributed by atoms with Gasteiger partial charge in [-0.2, -0.15) is 0 Å². The molecular weight excluding hydrogens is 483 g/mol. The van der Waals surface area contributed by atoms with E-state index in [-0.39, 0.29) is 17.0 Å². The van der Waals surface area contributed by atoms with Crippen molar-refractivity contribution in [1.82, 2.24) is 4.98 Å². The monoisotopic (exact) mass is 504 g/mol. The molecule has 4 aromatic rings. The van der Waals surface area contributed by atoms with Gasteiger partial charge in [0.2, 0.25) is 0 Å². The zero-order valence-corrected chi connectivity index (χ0v) is 19.9. The number of hydrogen-bond donors (Lipinski definition) is 2. The Bertz CT molecular complexity index is 1460. The summed E-state index contributed by atoms with van der Waals surface area (Å²) in [5.74, 6) is -1.01. The number of rotatable bonds is 5. The minimum atomic E-state index is -0.643. The van der Waals surface area contributed by atoms with Crippen molar-refractivity contribution in [2.75, 3.05) is 41.8 Å². The molecule has 2 N–H and O–H groups in total. The number of nitrogens with zero attached hydrogens (tertiary/aromatic N) is 2. The molecule has 3 aromatic carbocycles. The predicted octanol–water partition coefficient (Wildman–Crippen LogP) is 5.74. The lowest BCUT2D eigenvalue weighted by Crippen LogP contribution is -2.36. The molecule has 0 bridgehead atoms. The molecule has 5 rings (SSSR count). The highest BCUT2D eigenvalue weighted by Gasteiger charge is 2.16. The first-order valence-electron chi connectivity index (χ1n) is 11.4. The van der Waals surface area contributed by atoms with Gasteiger partial charge in [0.25, 0.3) is 0 Å². The number of urea groups is 1. The van der Waals surface area contributed by atoms with Crippen LogP contribution in [0.25, 0.3) is 10.9 Å². The maximum Gasteiger partial charge on any atom is 0.323 e. The number of hydrogen-bond acceptors (Lipinski definition) is 5. The van der Waals surface area contributed by atoms with Gasteiger partial charge in [0, 0.05) is 46.0 Å². The smallest absolute Gasteiger partial charge is 0.323 e. The third-order valence-electron chi connectivity index (χ3n) is 5.81. The van der Waals surface area contributed by atoms with E-state index in [4.69, 9.17) is 16.3 Å². The Balaban J connectivity index is 1.36. The number of amides is 2. The average molecular weight is 505 g/mol. The minimum absolute atomic E-state index is 0.115. The Morgan fingerprint density at radius 2 is 1.72 bits per heavy atom. The number of carbonyl (C=O) groups is 2. The van der Waals surface area contributed by atoms with Gasteiger partial charge in [0.1, 0.15) is 5.82 Å². The first kappa shape index (κ1) is 23.7. The second kappa shape index (κ2) is 10.3. The van der Waals surface area contributed by atoms with Gasteiger partial charge in [-0.3, -0.25) is 9.78 Å². The fourth-order valence-corrected chi connectivity index (χ4v) is 4.27. The van der Waals surface area contributed by atoms with E-state index in [1.165, 1.54) is 6.07 Å². The van der Waals surface area contributed by atoms with Crippen molar-refractivity contribution in [3.63, 3.8) is 0 Å². The lowest BCUT2D eigenvalue weighted by atomic mass is 10.0. The summed E-state index contributed by atoms with van der Waals surface area (Å²) in [6, 6.07) is 16.9. The molecule has 2 heterocycles. The Hall–Kier alpha value is -4.01. The van der Waals surface area contributed by atoms with Crippen molar-refractivity contribution in [3.05, 3.63) is 94.9 Å². The van der Waals surface area contributed by atoms with Crippen molar-refractivity contribution in [1.29, 1.82) is 0 Å². The second-order valence-electron chi connectivity index (χ2n) is 8.35. The van der Waals surface area contributed by atoms with Gasteiger partial charge in [-0.1, -0.05) is 17.7 Å². The molecule has 0 unspecified atom stereocenters. The number of halogens is 2. The molecule has 0 radical (unpaired) electrons. The number of nitrogens with one attached hydrogen (secondary N) is 2. The van der Waals surface area contributed by atoms with Crippen LogP contribution in [0.2, 0.25) is 5.02 Å². The molecule has 36 heavy (non-hydrogen) atoms. The number of anilines is 3. The third kappa shape index (κ3) is 5.45. The van der Waals surface area contributed by atoms with E-state index < -0.39 is 11.8 Å². The summed E-state index contributed by atoms with van der Waals surface area (Å²) in [6.45, 7) is 2.86. The molecule has 9 heteroatoms. The Labute approximate surface area is 211 Å². The van der Waals surface area contributed by atoms with E-state index in [1.807, 2.05) is 12.3 Å². The first-order valence-corrected chi connectivity index (χ1v) is 11.7. The number of benzene rings is 3. The van der Waals surface area contributed by atoms with Gasteiger partial charge in [-0.05, 0) is 60.7 Å². The lowest BCUT2D eigenvalue weighted by Gasteiger charge is -2.28. The SMILES string of the molecule is O=C(Nc1cccc(Cl)c1)Nc1cc(F)cc(C(=O)c2ccc3ncc(N4CCOCC4)cc3c2)c1. The molecule has 1 aliphatic rings. The van der Waals surface area contributed by atoms with Crippen LogP contribution < -0.4 is 15.5 Å². The summed E-state index contributed by atoms with van der Waals surface area (Å²) in [7, 11) is 0. The summed E-state index contributed by atoms with van der Waals surface area (Å²) in [4.78, 5) is 32.3. The predicted molar refractivity (Wildman–Crippen MR) is 139 cm³/mol. The van der Waals surface area contributed by atoms with E-state index in [1.54, 1.807) is 42.5 Å². The largest absolute Gasteiger partial charge is 0.378 e. The van der Waals surface area contributed by atoms with Crippen LogP contribution in [0, 0.1) is 5.82 Å². The number of ether oxygens (including phenoxy) is 1. The number of morpholine rings is 1. The van der Waals surface area contributed by atoms with Crippen molar-refractivity contribution in [2.45, 2.75) is 0 Å². The van der Waals surface area contributed by atoms with Crippen LogP contribution in [0.15, 0.2) is 72.9 Å². The average Bonchev–Trinajstić information content (AvgIpc) is 2.87. The number of fused-ring (bicyclic) bond motifs is 1. The van der Waals surface area contributed by atoms with Gasteiger partial charge >= 0.3 is 6.03 Å². The maximum atomic E-state index is 14.4. The number of aromatic nitrogens is 1. The summed E-state index contributed by atoms with van der Waals surface area (Å²) < 4.78 is 19.8. The van der Waals surface area contributed by atoms with Gasteiger partial charge in [0.15, 0.2) is 5.78 Å². The molecule has 1 saturated heterocycles. The summed E-state index contributed by atoms with van der Waals surface area (Å²) >= 11 is 5.94. The summed E-state index contributed by atoms with van der Waals surface area (Å²) in [5, 5.41) is 6.46. The number of carbonyl (C=O) groups excluding carboxylic acids is 2. The molecule has 1 fully saturated rings. The molecule has 2 amide bonds. The molecule has 1 aromatic heterocycles. The lowest BCUT2D eigenvalue weighted by molar-refractivity contribution is 0.103. The fraction of sp³-hybridized carbons (Fsp3) is 0.148. The van der Waals surface area contributed by atoms with E-state index in [0.29, 0.717) is 29.5 Å². The number of pyridine rings is 1. The highest BCUT2D eigenvalue weighted by Crippen LogP contribution is 2.24. The number of ketones is 1. The molecule has 0 atom stereocenters. The molecular formula is C27H22ClFN4O3. The van der Waals surface area contributed by atoms with Gasteiger partial charge in [-0.25, -0.2) is 9.18 Å². The van der Waals surface area contributed by atoms with Crippen LogP contribution in [0.5, 0.6) is 0 Å². The molecule has 0 aliphatic carbocycles. The minimum Gasteiger partial charge on any atom is -0.378 e.